The first-order valence-corrected chi connectivity index (χ1v) is 4.69. The molecule has 0 saturated heterocycles. The molecule has 0 aliphatic carbocycles. The van der Waals surface area contributed by atoms with Crippen molar-refractivity contribution in [2.24, 2.45) is 0 Å². The van der Waals surface area contributed by atoms with Gasteiger partial charge in [0.05, 0.1) is 6.20 Å². The zero-order valence-electron chi connectivity index (χ0n) is 7.52. The van der Waals surface area contributed by atoms with E-state index in [1.807, 2.05) is 0 Å². The number of hydrogen-bond acceptors (Lipinski definition) is 6. The molecule has 0 radical (unpaired) electrons. The number of nitrogen functional groups attached to an aromatic ring is 1. The van der Waals surface area contributed by atoms with Crippen molar-refractivity contribution >= 4 is 22.0 Å². The third kappa shape index (κ3) is 1.51. The molecule has 5 nitrogen and oxygen atoms in total. The van der Waals surface area contributed by atoms with Crippen LogP contribution in [0.5, 0.6) is 0 Å². The van der Waals surface area contributed by atoms with Gasteiger partial charge >= 0.3 is 0 Å². The molecule has 2 aromatic heterocycles. The van der Waals surface area contributed by atoms with Crippen molar-refractivity contribution in [1.82, 2.24) is 15.2 Å². The molecular weight excluding hydrogens is 200 g/mol. The fraction of sp³-hybridized carbons (Fsp3) is 0.125. The lowest BCUT2D eigenvalue weighted by atomic mass is 10.4. The van der Waals surface area contributed by atoms with E-state index in [2.05, 4.69) is 21.8 Å². The van der Waals surface area contributed by atoms with Crippen LogP contribution in [-0.2, 0) is 0 Å². The standard InChI is InChI=1S/C8H8N4OS/c1-4(2)6-11-12-7(13-6)5-3-10-8(9)14-5/h3H,1H2,2H3,(H2,9,10). The van der Waals surface area contributed by atoms with Crippen LogP contribution in [-0.4, -0.2) is 15.2 Å². The van der Waals surface area contributed by atoms with E-state index in [-0.39, 0.29) is 0 Å². The molecule has 0 unspecified atom stereocenters. The Morgan fingerprint density at radius 2 is 2.36 bits per heavy atom. The summed E-state index contributed by atoms with van der Waals surface area (Å²) in [5.74, 6) is 0.865. The highest BCUT2D eigenvalue weighted by Gasteiger charge is 2.11. The van der Waals surface area contributed by atoms with Crippen LogP contribution < -0.4 is 5.73 Å². The van der Waals surface area contributed by atoms with E-state index in [0.717, 1.165) is 10.5 Å². The summed E-state index contributed by atoms with van der Waals surface area (Å²) in [5.41, 5.74) is 6.22. The Kier molecular flexibility index (Phi) is 2.05. The summed E-state index contributed by atoms with van der Waals surface area (Å²) >= 11 is 1.31. The summed E-state index contributed by atoms with van der Waals surface area (Å²) in [4.78, 5) is 4.66. The Bertz CT molecular complexity index is 473. The zero-order chi connectivity index (χ0) is 10.1. The Morgan fingerprint density at radius 1 is 1.57 bits per heavy atom. The lowest BCUT2D eigenvalue weighted by molar-refractivity contribution is 0.554. The molecule has 0 aliphatic heterocycles. The van der Waals surface area contributed by atoms with E-state index in [0.29, 0.717) is 16.9 Å². The molecule has 0 aromatic carbocycles. The average Bonchev–Trinajstić information content (AvgIpc) is 2.70. The smallest absolute Gasteiger partial charge is 0.259 e. The molecule has 0 amide bonds. The minimum atomic E-state index is 0.428. The second-order valence-corrected chi connectivity index (χ2v) is 3.82. The maximum atomic E-state index is 5.48. The molecule has 2 aromatic rings. The molecule has 14 heavy (non-hydrogen) atoms. The van der Waals surface area contributed by atoms with Crippen LogP contribution in [0.15, 0.2) is 17.2 Å². The number of aromatic nitrogens is 3. The second-order valence-electron chi connectivity index (χ2n) is 2.76. The number of thiazole rings is 1. The van der Waals surface area contributed by atoms with Crippen molar-refractivity contribution in [2.45, 2.75) is 6.92 Å². The number of allylic oxidation sites excluding steroid dienone is 1. The normalized spacial score (nSPS) is 10.4. The third-order valence-corrected chi connectivity index (χ3v) is 2.34. The summed E-state index contributed by atoms with van der Waals surface area (Å²) in [5, 5.41) is 8.16. The highest BCUT2D eigenvalue weighted by molar-refractivity contribution is 7.18. The molecule has 0 atom stereocenters. The lowest BCUT2D eigenvalue weighted by Crippen LogP contribution is -1.77. The van der Waals surface area contributed by atoms with E-state index < -0.39 is 0 Å². The number of anilines is 1. The van der Waals surface area contributed by atoms with E-state index >= 15 is 0 Å². The highest BCUT2D eigenvalue weighted by atomic mass is 32.1. The van der Waals surface area contributed by atoms with Gasteiger partial charge in [-0.25, -0.2) is 4.98 Å². The van der Waals surface area contributed by atoms with Gasteiger partial charge in [0.2, 0.25) is 5.89 Å². The van der Waals surface area contributed by atoms with Crippen LogP contribution in [0.25, 0.3) is 16.3 Å². The minimum Gasteiger partial charge on any atom is -0.416 e. The van der Waals surface area contributed by atoms with Gasteiger partial charge in [-0.1, -0.05) is 17.9 Å². The third-order valence-electron chi connectivity index (χ3n) is 1.52. The van der Waals surface area contributed by atoms with Crippen molar-refractivity contribution in [3.63, 3.8) is 0 Å². The summed E-state index contributed by atoms with van der Waals surface area (Å²) in [6, 6.07) is 0. The molecule has 2 heterocycles. The van der Waals surface area contributed by atoms with Gasteiger partial charge in [-0.15, -0.1) is 10.2 Å². The first-order valence-electron chi connectivity index (χ1n) is 3.88. The van der Waals surface area contributed by atoms with Crippen molar-refractivity contribution < 1.29 is 4.42 Å². The molecule has 0 saturated carbocycles. The van der Waals surface area contributed by atoms with E-state index in [1.54, 1.807) is 13.1 Å². The van der Waals surface area contributed by atoms with E-state index in [4.69, 9.17) is 10.2 Å². The van der Waals surface area contributed by atoms with Gasteiger partial charge in [0.15, 0.2) is 5.13 Å². The number of nitrogens with two attached hydrogens (primary N) is 1. The Hall–Kier alpha value is -1.69. The molecule has 2 rings (SSSR count). The van der Waals surface area contributed by atoms with Crippen molar-refractivity contribution in [3.8, 4) is 10.8 Å². The summed E-state index contributed by atoms with van der Waals surface area (Å²) in [6.45, 7) is 5.51. The average molecular weight is 208 g/mol. The molecule has 0 aliphatic rings. The summed E-state index contributed by atoms with van der Waals surface area (Å²) in [6.07, 6.45) is 1.61. The predicted molar refractivity (Wildman–Crippen MR) is 54.5 cm³/mol. The Labute approximate surface area is 84.3 Å². The predicted octanol–water partition coefficient (Wildman–Crippen LogP) is 1.81. The molecule has 0 spiro atoms. The van der Waals surface area contributed by atoms with Gasteiger partial charge in [0.1, 0.15) is 4.88 Å². The molecule has 2 N–H and O–H groups in total. The molecular formula is C8H8N4OS. The van der Waals surface area contributed by atoms with Crippen LogP contribution in [0.3, 0.4) is 0 Å². The number of rotatable bonds is 2. The lowest BCUT2D eigenvalue weighted by Gasteiger charge is -1.86. The minimum absolute atomic E-state index is 0.428. The van der Waals surface area contributed by atoms with Gasteiger partial charge in [0.25, 0.3) is 5.89 Å². The highest BCUT2D eigenvalue weighted by Crippen LogP contribution is 2.26. The van der Waals surface area contributed by atoms with Crippen molar-refractivity contribution in [3.05, 3.63) is 18.7 Å². The molecule has 72 valence electrons. The largest absolute Gasteiger partial charge is 0.416 e. The second kappa shape index (κ2) is 3.22. The van der Waals surface area contributed by atoms with Gasteiger partial charge in [-0.2, -0.15) is 0 Å². The molecule has 0 fully saturated rings. The van der Waals surface area contributed by atoms with Gasteiger partial charge < -0.3 is 10.2 Å². The Balaban J connectivity index is 2.38. The number of hydrogen-bond donors (Lipinski definition) is 1. The monoisotopic (exact) mass is 208 g/mol. The van der Waals surface area contributed by atoms with Crippen molar-refractivity contribution in [2.75, 3.05) is 5.73 Å². The van der Waals surface area contributed by atoms with Crippen LogP contribution >= 0.6 is 11.3 Å². The van der Waals surface area contributed by atoms with Gasteiger partial charge in [-0.3, -0.25) is 0 Å². The summed E-state index contributed by atoms with van der Waals surface area (Å²) in [7, 11) is 0. The number of nitrogens with zero attached hydrogens (tertiary/aromatic N) is 3. The summed E-state index contributed by atoms with van der Waals surface area (Å²) < 4.78 is 5.34. The van der Waals surface area contributed by atoms with Gasteiger partial charge in [0, 0.05) is 5.57 Å². The fourth-order valence-corrected chi connectivity index (χ4v) is 1.49. The first-order chi connectivity index (χ1) is 6.66. The van der Waals surface area contributed by atoms with Crippen LogP contribution in [0.1, 0.15) is 12.8 Å². The van der Waals surface area contributed by atoms with Crippen LogP contribution in [0, 0.1) is 0 Å². The SMILES string of the molecule is C=C(C)c1nnc(-c2cnc(N)s2)o1. The zero-order valence-corrected chi connectivity index (χ0v) is 8.34. The quantitative estimate of drug-likeness (QED) is 0.814. The molecule has 0 bridgehead atoms. The first kappa shape index (κ1) is 8.89. The van der Waals surface area contributed by atoms with Crippen molar-refractivity contribution in [1.29, 1.82) is 0 Å². The van der Waals surface area contributed by atoms with Gasteiger partial charge in [-0.05, 0) is 6.92 Å². The van der Waals surface area contributed by atoms with Crippen LogP contribution in [0.2, 0.25) is 0 Å². The van der Waals surface area contributed by atoms with E-state index in [9.17, 15) is 0 Å². The van der Waals surface area contributed by atoms with E-state index in [1.165, 1.54) is 11.3 Å². The molecule has 6 heteroatoms. The maximum absolute atomic E-state index is 5.48. The Morgan fingerprint density at radius 3 is 2.86 bits per heavy atom. The topological polar surface area (TPSA) is 77.8 Å². The maximum Gasteiger partial charge on any atom is 0.259 e. The van der Waals surface area contributed by atoms with Crippen LogP contribution in [0.4, 0.5) is 5.13 Å². The fourth-order valence-electron chi connectivity index (χ4n) is 0.882.